The highest BCUT2D eigenvalue weighted by Crippen LogP contribution is 2.39. The zero-order valence-electron chi connectivity index (χ0n) is 10.4. The molecule has 0 aliphatic carbocycles. The number of carbonyl (C=O) groups excluding carboxylic acids is 1. The van der Waals surface area contributed by atoms with Crippen LogP contribution in [0.4, 0.5) is 10.7 Å². The van der Waals surface area contributed by atoms with Crippen molar-refractivity contribution in [3.8, 4) is 0 Å². The Balaban J connectivity index is 3.41. The molecule has 0 saturated heterocycles. The van der Waals surface area contributed by atoms with Gasteiger partial charge in [0.25, 0.3) is 0 Å². The summed E-state index contributed by atoms with van der Waals surface area (Å²) in [5.41, 5.74) is 5.73. The van der Waals surface area contributed by atoms with E-state index in [4.69, 9.17) is 10.5 Å². The van der Waals surface area contributed by atoms with E-state index in [2.05, 4.69) is 5.32 Å². The van der Waals surface area contributed by atoms with Crippen LogP contribution >= 0.6 is 11.3 Å². The molecule has 1 heterocycles. The number of nitrogen functional groups attached to an aromatic ring is 1. The summed E-state index contributed by atoms with van der Waals surface area (Å²) >= 11 is 0.987. The van der Waals surface area contributed by atoms with Crippen molar-refractivity contribution in [2.45, 2.75) is 18.7 Å². The maximum Gasteiger partial charge on any atom is 0.350 e. The molecule has 18 heavy (non-hydrogen) atoms. The van der Waals surface area contributed by atoms with Crippen LogP contribution in [0.1, 0.15) is 23.5 Å². The van der Waals surface area contributed by atoms with Crippen LogP contribution in [-0.4, -0.2) is 33.8 Å². The van der Waals surface area contributed by atoms with Gasteiger partial charge in [0.15, 0.2) is 9.84 Å². The van der Waals surface area contributed by atoms with Crippen molar-refractivity contribution in [3.05, 3.63) is 4.88 Å². The molecule has 0 spiro atoms. The minimum absolute atomic E-state index is 0.0134. The fourth-order valence-electron chi connectivity index (χ4n) is 1.39. The van der Waals surface area contributed by atoms with E-state index in [9.17, 15) is 13.2 Å². The zero-order valence-corrected chi connectivity index (χ0v) is 12.1. The van der Waals surface area contributed by atoms with Gasteiger partial charge in [-0.15, -0.1) is 11.3 Å². The fraction of sp³-hybridized carbons (Fsp3) is 0.500. The molecule has 0 unspecified atom stereocenters. The maximum atomic E-state index is 11.9. The molecule has 0 aliphatic rings. The van der Waals surface area contributed by atoms with E-state index in [0.717, 1.165) is 11.3 Å². The number of nitrogens with one attached hydrogen (secondary N) is 1. The molecule has 0 radical (unpaired) electrons. The van der Waals surface area contributed by atoms with Gasteiger partial charge in [0, 0.05) is 7.05 Å². The molecule has 0 aromatic carbocycles. The standard InChI is InChI=1S/C10H16N2O4S2/c1-4-16-10(13)7-6(11)8(9(12-3)17-7)18(14,15)5-2/h12H,4-5,11H2,1-3H3. The smallest absolute Gasteiger partial charge is 0.350 e. The summed E-state index contributed by atoms with van der Waals surface area (Å²) in [6, 6.07) is 0. The number of ether oxygens (including phenoxy) is 1. The Hall–Kier alpha value is -1.28. The largest absolute Gasteiger partial charge is 0.462 e. The number of anilines is 2. The van der Waals surface area contributed by atoms with Crippen molar-refractivity contribution in [3.63, 3.8) is 0 Å². The molecule has 102 valence electrons. The van der Waals surface area contributed by atoms with Crippen molar-refractivity contribution in [2.75, 3.05) is 30.5 Å². The molecular weight excluding hydrogens is 276 g/mol. The second-order valence-corrected chi connectivity index (χ2v) is 6.61. The van der Waals surface area contributed by atoms with E-state index in [1.54, 1.807) is 14.0 Å². The van der Waals surface area contributed by atoms with Crippen LogP contribution in [-0.2, 0) is 14.6 Å². The first-order chi connectivity index (χ1) is 8.38. The highest BCUT2D eigenvalue weighted by Gasteiger charge is 2.28. The van der Waals surface area contributed by atoms with Crippen LogP contribution in [0.15, 0.2) is 4.90 Å². The second kappa shape index (κ2) is 5.57. The third-order valence-electron chi connectivity index (χ3n) is 2.28. The average Bonchev–Trinajstić information content (AvgIpc) is 2.67. The maximum absolute atomic E-state index is 11.9. The predicted molar refractivity (Wildman–Crippen MR) is 72.0 cm³/mol. The Morgan fingerprint density at radius 2 is 2.06 bits per heavy atom. The molecule has 1 aromatic heterocycles. The van der Waals surface area contributed by atoms with Gasteiger partial charge in [0.05, 0.1) is 18.0 Å². The van der Waals surface area contributed by atoms with Crippen molar-refractivity contribution in [1.82, 2.24) is 0 Å². The molecular formula is C10H16N2O4S2. The molecule has 1 aromatic rings. The minimum Gasteiger partial charge on any atom is -0.462 e. The van der Waals surface area contributed by atoms with E-state index >= 15 is 0 Å². The van der Waals surface area contributed by atoms with E-state index in [0.29, 0.717) is 5.00 Å². The predicted octanol–water partition coefficient (Wildman–Crippen LogP) is 1.34. The number of sulfone groups is 1. The van der Waals surface area contributed by atoms with Crippen molar-refractivity contribution >= 4 is 37.8 Å². The normalized spacial score (nSPS) is 11.3. The highest BCUT2D eigenvalue weighted by molar-refractivity contribution is 7.91. The monoisotopic (exact) mass is 292 g/mol. The molecule has 0 atom stereocenters. The quantitative estimate of drug-likeness (QED) is 0.795. The molecule has 8 heteroatoms. The van der Waals surface area contributed by atoms with Crippen molar-refractivity contribution in [2.24, 2.45) is 0 Å². The number of nitrogens with two attached hydrogens (primary N) is 1. The molecule has 0 amide bonds. The van der Waals surface area contributed by atoms with Gasteiger partial charge in [-0.3, -0.25) is 0 Å². The van der Waals surface area contributed by atoms with Gasteiger partial charge in [-0.2, -0.15) is 0 Å². The van der Waals surface area contributed by atoms with Gasteiger partial charge < -0.3 is 15.8 Å². The summed E-state index contributed by atoms with van der Waals surface area (Å²) in [6.07, 6.45) is 0. The summed E-state index contributed by atoms with van der Waals surface area (Å²) in [7, 11) is -1.91. The van der Waals surface area contributed by atoms with E-state index in [1.807, 2.05) is 0 Å². The Labute approximate surface area is 110 Å². The Bertz CT molecular complexity index is 548. The summed E-state index contributed by atoms with van der Waals surface area (Å²) in [4.78, 5) is 11.8. The summed E-state index contributed by atoms with van der Waals surface area (Å²) in [5, 5.41) is 3.10. The molecule has 6 nitrogen and oxygen atoms in total. The number of hydrogen-bond donors (Lipinski definition) is 2. The van der Waals surface area contributed by atoms with Gasteiger partial charge in [0.2, 0.25) is 0 Å². The number of carbonyl (C=O) groups is 1. The number of thiophene rings is 1. The van der Waals surface area contributed by atoms with Crippen LogP contribution in [0.3, 0.4) is 0 Å². The lowest BCUT2D eigenvalue weighted by Crippen LogP contribution is -2.10. The SMILES string of the molecule is CCOC(=O)c1sc(NC)c(S(=O)(=O)CC)c1N. The van der Waals surface area contributed by atoms with Crippen LogP contribution < -0.4 is 11.1 Å². The zero-order chi connectivity index (χ0) is 13.9. The van der Waals surface area contributed by atoms with Gasteiger partial charge >= 0.3 is 5.97 Å². The lowest BCUT2D eigenvalue weighted by atomic mass is 10.4. The molecule has 0 aliphatic heterocycles. The van der Waals surface area contributed by atoms with Crippen LogP contribution in [0.25, 0.3) is 0 Å². The van der Waals surface area contributed by atoms with Gasteiger partial charge in [-0.05, 0) is 6.92 Å². The summed E-state index contributed by atoms with van der Waals surface area (Å²) in [6.45, 7) is 3.40. The summed E-state index contributed by atoms with van der Waals surface area (Å²) < 4.78 is 28.7. The highest BCUT2D eigenvalue weighted by atomic mass is 32.2. The Morgan fingerprint density at radius 1 is 1.44 bits per heavy atom. The Morgan fingerprint density at radius 3 is 2.50 bits per heavy atom. The number of rotatable bonds is 5. The molecule has 0 fully saturated rings. The second-order valence-electron chi connectivity index (χ2n) is 3.38. The first-order valence-corrected chi connectivity index (χ1v) is 7.85. The van der Waals surface area contributed by atoms with Crippen LogP contribution in [0.2, 0.25) is 0 Å². The number of esters is 1. The van der Waals surface area contributed by atoms with Crippen LogP contribution in [0, 0.1) is 0 Å². The topological polar surface area (TPSA) is 98.5 Å². The molecule has 0 saturated carbocycles. The first kappa shape index (κ1) is 14.8. The van der Waals surface area contributed by atoms with Gasteiger partial charge in [0.1, 0.15) is 14.8 Å². The summed E-state index contributed by atoms with van der Waals surface area (Å²) in [5.74, 6) is -0.681. The van der Waals surface area contributed by atoms with E-state index in [1.165, 1.54) is 6.92 Å². The molecule has 0 bridgehead atoms. The first-order valence-electron chi connectivity index (χ1n) is 5.38. The van der Waals surface area contributed by atoms with Gasteiger partial charge in [-0.1, -0.05) is 6.92 Å². The van der Waals surface area contributed by atoms with Crippen molar-refractivity contribution < 1.29 is 17.9 Å². The minimum atomic E-state index is -3.48. The lowest BCUT2D eigenvalue weighted by Gasteiger charge is -2.04. The third-order valence-corrected chi connectivity index (χ3v) is 5.42. The fourth-order valence-corrected chi connectivity index (χ4v) is 3.94. The van der Waals surface area contributed by atoms with E-state index in [-0.39, 0.29) is 27.8 Å². The van der Waals surface area contributed by atoms with E-state index < -0.39 is 15.8 Å². The third kappa shape index (κ3) is 2.59. The van der Waals surface area contributed by atoms with Crippen LogP contribution in [0.5, 0.6) is 0 Å². The molecule has 3 N–H and O–H groups in total. The molecule has 1 rings (SSSR count). The van der Waals surface area contributed by atoms with Crippen molar-refractivity contribution in [1.29, 1.82) is 0 Å². The lowest BCUT2D eigenvalue weighted by molar-refractivity contribution is 0.0533. The Kier molecular flexibility index (Phi) is 4.58. The number of hydrogen-bond acceptors (Lipinski definition) is 7. The van der Waals surface area contributed by atoms with Gasteiger partial charge in [-0.25, -0.2) is 13.2 Å². The average molecular weight is 292 g/mol.